The fraction of sp³-hybridized carbons (Fsp3) is 0.500. The van der Waals surface area contributed by atoms with E-state index in [0.29, 0.717) is 42.0 Å². The largest absolute Gasteiger partial charge is 0.484 e. The van der Waals surface area contributed by atoms with Crippen molar-refractivity contribution in [2.45, 2.75) is 6.42 Å². The van der Waals surface area contributed by atoms with Crippen LogP contribution in [0.3, 0.4) is 0 Å². The van der Waals surface area contributed by atoms with Gasteiger partial charge in [0.05, 0.1) is 22.1 Å². The van der Waals surface area contributed by atoms with Gasteiger partial charge in [-0.3, -0.25) is 9.59 Å². The van der Waals surface area contributed by atoms with Crippen molar-refractivity contribution in [3.8, 4) is 5.75 Å². The Bertz CT molecular complexity index is 668. The molecule has 2 aliphatic heterocycles. The molecule has 2 heterocycles. The Labute approximate surface area is 149 Å². The fourth-order valence-electron chi connectivity index (χ4n) is 3.29. The smallest absolute Gasteiger partial charge is 0.311 e. The van der Waals surface area contributed by atoms with Crippen molar-refractivity contribution in [2.75, 3.05) is 32.9 Å². The van der Waals surface area contributed by atoms with Gasteiger partial charge < -0.3 is 19.5 Å². The molecule has 0 aromatic heterocycles. The Hall–Kier alpha value is -1.50. The summed E-state index contributed by atoms with van der Waals surface area (Å²) in [4.78, 5) is 25.7. The zero-order valence-electron chi connectivity index (χ0n) is 12.8. The monoisotopic (exact) mass is 373 g/mol. The molecule has 1 aromatic carbocycles. The van der Waals surface area contributed by atoms with Crippen molar-refractivity contribution in [1.29, 1.82) is 0 Å². The number of fused-ring (bicyclic) bond motifs is 1. The molecule has 0 radical (unpaired) electrons. The predicted octanol–water partition coefficient (Wildman–Crippen LogP) is 2.32. The summed E-state index contributed by atoms with van der Waals surface area (Å²) in [6, 6.07) is 4.75. The molecule has 1 amide bonds. The van der Waals surface area contributed by atoms with E-state index in [0.717, 1.165) is 0 Å². The summed E-state index contributed by atoms with van der Waals surface area (Å²) in [5.41, 5.74) is -0.905. The maximum atomic E-state index is 12.4. The third-order valence-electron chi connectivity index (χ3n) is 4.74. The molecule has 1 aromatic rings. The van der Waals surface area contributed by atoms with Gasteiger partial charge in [0.2, 0.25) is 0 Å². The quantitative estimate of drug-likeness (QED) is 0.876. The number of hydrogen-bond acceptors (Lipinski definition) is 4. The van der Waals surface area contributed by atoms with Crippen LogP contribution in [-0.2, 0) is 14.3 Å². The number of rotatable bonds is 4. The molecule has 0 spiro atoms. The van der Waals surface area contributed by atoms with Crippen molar-refractivity contribution in [3.05, 3.63) is 28.2 Å². The Morgan fingerprint density at radius 3 is 2.83 bits per heavy atom. The van der Waals surface area contributed by atoms with Gasteiger partial charge in [-0.15, -0.1) is 0 Å². The van der Waals surface area contributed by atoms with Crippen molar-refractivity contribution in [2.24, 2.45) is 11.3 Å². The summed E-state index contributed by atoms with van der Waals surface area (Å²) in [5, 5.41) is 10.4. The number of nitrogens with zero attached hydrogens (tertiary/aromatic N) is 1. The van der Waals surface area contributed by atoms with E-state index in [4.69, 9.17) is 32.7 Å². The van der Waals surface area contributed by atoms with Crippen LogP contribution in [0.2, 0.25) is 10.0 Å². The number of halogens is 2. The van der Waals surface area contributed by atoms with Gasteiger partial charge in [0.1, 0.15) is 5.75 Å². The molecule has 2 atom stereocenters. The number of amides is 1. The third-order valence-corrected chi connectivity index (χ3v) is 5.48. The van der Waals surface area contributed by atoms with Gasteiger partial charge in [0, 0.05) is 31.7 Å². The van der Waals surface area contributed by atoms with E-state index in [1.165, 1.54) is 6.07 Å². The van der Waals surface area contributed by atoms with Crippen LogP contribution in [0.25, 0.3) is 0 Å². The Morgan fingerprint density at radius 1 is 1.38 bits per heavy atom. The van der Waals surface area contributed by atoms with Gasteiger partial charge in [-0.1, -0.05) is 23.2 Å². The van der Waals surface area contributed by atoms with Gasteiger partial charge in [0.15, 0.2) is 6.61 Å². The number of carbonyl (C=O) groups excluding carboxylic acids is 1. The lowest BCUT2D eigenvalue weighted by molar-refractivity contribution is -0.157. The SMILES string of the molecule is O=C(COc1ccc(Cl)c(Cl)c1)N1C[C@H]2COCC[C@@]2(C(=O)O)C1. The van der Waals surface area contributed by atoms with Crippen molar-refractivity contribution < 1.29 is 24.2 Å². The molecule has 0 unspecified atom stereocenters. The minimum atomic E-state index is -0.905. The molecular formula is C16H17Cl2NO5. The molecule has 0 bridgehead atoms. The number of aliphatic carboxylic acids is 1. The first kappa shape index (κ1) is 17.3. The third kappa shape index (κ3) is 3.18. The highest BCUT2D eigenvalue weighted by Crippen LogP contribution is 2.42. The molecule has 2 aliphatic rings. The number of hydrogen-bond donors (Lipinski definition) is 1. The van der Waals surface area contributed by atoms with E-state index in [1.54, 1.807) is 17.0 Å². The topological polar surface area (TPSA) is 76.1 Å². The van der Waals surface area contributed by atoms with Crippen molar-refractivity contribution in [3.63, 3.8) is 0 Å². The van der Waals surface area contributed by atoms with Crippen LogP contribution in [0.4, 0.5) is 0 Å². The number of ether oxygens (including phenoxy) is 2. The molecule has 130 valence electrons. The maximum absolute atomic E-state index is 12.4. The number of carboxylic acid groups (broad SMARTS) is 1. The number of carboxylic acids is 1. The first-order valence-electron chi connectivity index (χ1n) is 7.59. The lowest BCUT2D eigenvalue weighted by Gasteiger charge is -2.33. The summed E-state index contributed by atoms with van der Waals surface area (Å²) in [7, 11) is 0. The second-order valence-corrected chi connectivity index (χ2v) is 6.94. The summed E-state index contributed by atoms with van der Waals surface area (Å²) in [5.74, 6) is -0.865. The highest BCUT2D eigenvalue weighted by atomic mass is 35.5. The van der Waals surface area contributed by atoms with Crippen molar-refractivity contribution >= 4 is 35.1 Å². The van der Waals surface area contributed by atoms with Gasteiger partial charge >= 0.3 is 5.97 Å². The minimum absolute atomic E-state index is 0.179. The number of carbonyl (C=O) groups is 2. The second-order valence-electron chi connectivity index (χ2n) is 6.12. The maximum Gasteiger partial charge on any atom is 0.311 e. The van der Waals surface area contributed by atoms with E-state index in [2.05, 4.69) is 0 Å². The first-order valence-corrected chi connectivity index (χ1v) is 8.35. The number of benzene rings is 1. The summed E-state index contributed by atoms with van der Waals surface area (Å²) >= 11 is 11.7. The zero-order valence-corrected chi connectivity index (χ0v) is 14.3. The average Bonchev–Trinajstić information content (AvgIpc) is 2.97. The standard InChI is InChI=1S/C16H17Cl2NO5/c17-12-2-1-11(5-13(12)18)24-8-14(20)19-6-10-7-23-4-3-16(10,9-19)15(21)22/h1-2,5,10H,3-4,6-9H2,(H,21,22)/t10-,16+/m0/s1. The van der Waals surface area contributed by atoms with Gasteiger partial charge in [-0.05, 0) is 18.6 Å². The van der Waals surface area contributed by atoms with Gasteiger partial charge in [-0.2, -0.15) is 0 Å². The van der Waals surface area contributed by atoms with Crippen LogP contribution in [0, 0.1) is 11.3 Å². The lowest BCUT2D eigenvalue weighted by atomic mass is 9.74. The van der Waals surface area contributed by atoms with Gasteiger partial charge in [0.25, 0.3) is 5.91 Å². The highest BCUT2D eigenvalue weighted by Gasteiger charge is 2.54. The minimum Gasteiger partial charge on any atom is -0.484 e. The molecule has 2 saturated heterocycles. The van der Waals surface area contributed by atoms with Crippen LogP contribution >= 0.6 is 23.2 Å². The zero-order chi connectivity index (χ0) is 17.3. The van der Waals surface area contributed by atoms with Crippen LogP contribution in [0.5, 0.6) is 5.75 Å². The van der Waals surface area contributed by atoms with Crippen LogP contribution < -0.4 is 4.74 Å². The van der Waals surface area contributed by atoms with Gasteiger partial charge in [-0.25, -0.2) is 0 Å². The van der Waals surface area contributed by atoms with Crippen LogP contribution in [-0.4, -0.2) is 54.8 Å². The fourth-order valence-corrected chi connectivity index (χ4v) is 3.58. The molecule has 0 aliphatic carbocycles. The van der Waals surface area contributed by atoms with E-state index >= 15 is 0 Å². The Balaban J connectivity index is 1.63. The lowest BCUT2D eigenvalue weighted by Crippen LogP contribution is -2.45. The normalized spacial score (nSPS) is 26.1. The van der Waals surface area contributed by atoms with E-state index < -0.39 is 11.4 Å². The van der Waals surface area contributed by atoms with E-state index in [-0.39, 0.29) is 25.0 Å². The highest BCUT2D eigenvalue weighted by molar-refractivity contribution is 6.42. The second kappa shape index (κ2) is 6.78. The summed E-state index contributed by atoms with van der Waals surface area (Å²) < 4.78 is 10.8. The summed E-state index contributed by atoms with van der Waals surface area (Å²) in [6.45, 7) is 1.16. The molecule has 6 nitrogen and oxygen atoms in total. The molecule has 2 fully saturated rings. The Kier molecular flexibility index (Phi) is 4.90. The molecule has 1 N–H and O–H groups in total. The van der Waals surface area contributed by atoms with Crippen LogP contribution in [0.15, 0.2) is 18.2 Å². The van der Waals surface area contributed by atoms with Crippen molar-refractivity contribution in [1.82, 2.24) is 4.90 Å². The van der Waals surface area contributed by atoms with Crippen LogP contribution in [0.1, 0.15) is 6.42 Å². The molecule has 3 rings (SSSR count). The molecule has 8 heteroatoms. The molecule has 24 heavy (non-hydrogen) atoms. The first-order chi connectivity index (χ1) is 11.4. The van der Waals surface area contributed by atoms with E-state index in [9.17, 15) is 14.7 Å². The predicted molar refractivity (Wildman–Crippen MR) is 87.5 cm³/mol. The molecular weight excluding hydrogens is 357 g/mol. The molecule has 0 saturated carbocycles. The van der Waals surface area contributed by atoms with E-state index in [1.807, 2.05) is 0 Å². The summed E-state index contributed by atoms with van der Waals surface area (Å²) in [6.07, 6.45) is 0.421. The average molecular weight is 374 g/mol. The number of likely N-dealkylation sites (tertiary alicyclic amines) is 1. The Morgan fingerprint density at radius 2 is 2.17 bits per heavy atom.